The van der Waals surface area contributed by atoms with E-state index in [4.69, 9.17) is 0 Å². The highest BCUT2D eigenvalue weighted by molar-refractivity contribution is 7.92. The third-order valence-electron chi connectivity index (χ3n) is 5.73. The molecule has 1 aliphatic heterocycles. The van der Waals surface area contributed by atoms with Crippen LogP contribution < -0.4 is 10.0 Å². The lowest BCUT2D eigenvalue weighted by atomic mass is 10.1. The molecular formula is C22H30N4O4S. The molecule has 1 atom stereocenters. The molecule has 0 unspecified atom stereocenters. The third-order valence-corrected chi connectivity index (χ3v) is 7.09. The maximum atomic E-state index is 12.8. The highest BCUT2D eigenvalue weighted by atomic mass is 32.2. The van der Waals surface area contributed by atoms with E-state index in [0.717, 1.165) is 36.7 Å². The molecule has 0 bridgehead atoms. The number of nitro benzene ring substituents is 1. The van der Waals surface area contributed by atoms with Crippen LogP contribution in [0, 0.1) is 29.9 Å². The number of nitrogens with one attached hydrogen (secondary N) is 2. The van der Waals surface area contributed by atoms with Crippen LogP contribution >= 0.6 is 0 Å². The standard InChI is InChI=1S/C22H30N4O4S/c1-15(2)25-10-9-18(14-25)13-23-21-8-6-19(12-22(21)26(27)28)31(29,30)24-20-7-5-16(3)11-17(20)4/h5-8,11-12,15,18,23-24H,9-10,13-14H2,1-4H3/t18-/m0/s1. The second-order valence-electron chi connectivity index (χ2n) is 8.48. The molecule has 1 fully saturated rings. The number of rotatable bonds is 8. The molecule has 168 valence electrons. The van der Waals surface area contributed by atoms with Crippen molar-refractivity contribution in [3.8, 4) is 0 Å². The number of aryl methyl sites for hydroxylation is 2. The van der Waals surface area contributed by atoms with Crippen molar-refractivity contribution in [2.24, 2.45) is 5.92 Å². The molecule has 9 heteroatoms. The van der Waals surface area contributed by atoms with Crippen molar-refractivity contribution in [1.29, 1.82) is 0 Å². The van der Waals surface area contributed by atoms with E-state index in [1.165, 1.54) is 12.1 Å². The zero-order valence-corrected chi connectivity index (χ0v) is 19.2. The Morgan fingerprint density at radius 1 is 1.16 bits per heavy atom. The van der Waals surface area contributed by atoms with Gasteiger partial charge in [-0.3, -0.25) is 14.8 Å². The Morgan fingerprint density at radius 3 is 2.48 bits per heavy atom. The number of hydrogen-bond acceptors (Lipinski definition) is 6. The minimum absolute atomic E-state index is 0.142. The largest absolute Gasteiger partial charge is 0.379 e. The van der Waals surface area contributed by atoms with Crippen LogP contribution in [0.4, 0.5) is 17.1 Å². The van der Waals surface area contributed by atoms with Crippen molar-refractivity contribution in [3.63, 3.8) is 0 Å². The Hall–Kier alpha value is -2.65. The molecule has 2 aromatic carbocycles. The van der Waals surface area contributed by atoms with Gasteiger partial charge in [-0.2, -0.15) is 0 Å². The highest BCUT2D eigenvalue weighted by Gasteiger charge is 2.26. The predicted molar refractivity (Wildman–Crippen MR) is 123 cm³/mol. The number of nitro groups is 1. The predicted octanol–water partition coefficient (Wildman–Crippen LogP) is 4.15. The van der Waals surface area contributed by atoms with Crippen LogP contribution in [-0.2, 0) is 10.0 Å². The fraction of sp³-hybridized carbons (Fsp3) is 0.455. The van der Waals surface area contributed by atoms with Gasteiger partial charge in [0, 0.05) is 25.2 Å². The molecule has 0 saturated carbocycles. The maximum absolute atomic E-state index is 12.8. The fourth-order valence-corrected chi connectivity index (χ4v) is 5.01. The third kappa shape index (κ3) is 5.54. The van der Waals surface area contributed by atoms with E-state index in [9.17, 15) is 18.5 Å². The van der Waals surface area contributed by atoms with Gasteiger partial charge < -0.3 is 10.2 Å². The van der Waals surface area contributed by atoms with Crippen molar-refractivity contribution < 1.29 is 13.3 Å². The Balaban J connectivity index is 1.77. The van der Waals surface area contributed by atoms with E-state index in [0.29, 0.717) is 29.9 Å². The Labute approximate surface area is 183 Å². The van der Waals surface area contributed by atoms with Crippen molar-refractivity contribution in [2.75, 3.05) is 29.7 Å². The average Bonchev–Trinajstić information content (AvgIpc) is 3.17. The van der Waals surface area contributed by atoms with Crippen LogP contribution in [0.1, 0.15) is 31.4 Å². The molecule has 0 spiro atoms. The molecule has 31 heavy (non-hydrogen) atoms. The maximum Gasteiger partial charge on any atom is 0.293 e. The van der Waals surface area contributed by atoms with Crippen LogP contribution in [0.25, 0.3) is 0 Å². The van der Waals surface area contributed by atoms with Gasteiger partial charge in [0.25, 0.3) is 15.7 Å². The minimum atomic E-state index is -3.96. The first-order chi connectivity index (χ1) is 14.6. The number of sulfonamides is 1. The van der Waals surface area contributed by atoms with Gasteiger partial charge in [-0.1, -0.05) is 17.7 Å². The topological polar surface area (TPSA) is 105 Å². The van der Waals surface area contributed by atoms with Crippen LogP contribution in [0.3, 0.4) is 0 Å². The molecule has 1 aliphatic rings. The van der Waals surface area contributed by atoms with Crippen LogP contribution in [-0.4, -0.2) is 43.9 Å². The summed E-state index contributed by atoms with van der Waals surface area (Å²) in [5.41, 5.74) is 2.33. The minimum Gasteiger partial charge on any atom is -0.379 e. The Bertz CT molecular complexity index is 1070. The van der Waals surface area contributed by atoms with E-state index in [1.54, 1.807) is 6.07 Å². The van der Waals surface area contributed by atoms with Crippen molar-refractivity contribution >= 4 is 27.1 Å². The first-order valence-electron chi connectivity index (χ1n) is 10.4. The molecule has 8 nitrogen and oxygen atoms in total. The van der Waals surface area contributed by atoms with E-state index in [2.05, 4.69) is 28.8 Å². The molecule has 0 radical (unpaired) electrons. The van der Waals surface area contributed by atoms with Crippen LogP contribution in [0.2, 0.25) is 0 Å². The number of hydrogen-bond donors (Lipinski definition) is 2. The first-order valence-corrected chi connectivity index (χ1v) is 11.9. The lowest BCUT2D eigenvalue weighted by Crippen LogP contribution is -2.29. The second-order valence-corrected chi connectivity index (χ2v) is 10.2. The summed E-state index contributed by atoms with van der Waals surface area (Å²) in [6.45, 7) is 10.6. The molecule has 0 aromatic heterocycles. The fourth-order valence-electron chi connectivity index (χ4n) is 3.86. The lowest BCUT2D eigenvalue weighted by Gasteiger charge is -2.20. The van der Waals surface area contributed by atoms with Crippen LogP contribution in [0.5, 0.6) is 0 Å². The summed E-state index contributed by atoms with van der Waals surface area (Å²) in [7, 11) is -3.96. The number of anilines is 2. The van der Waals surface area contributed by atoms with Crippen molar-refractivity contribution in [1.82, 2.24) is 4.90 Å². The zero-order valence-electron chi connectivity index (χ0n) is 18.4. The van der Waals surface area contributed by atoms with Crippen LogP contribution in [0.15, 0.2) is 41.3 Å². The Morgan fingerprint density at radius 2 is 1.87 bits per heavy atom. The smallest absolute Gasteiger partial charge is 0.293 e. The summed E-state index contributed by atoms with van der Waals surface area (Å²) in [6, 6.07) is 9.84. The molecule has 3 rings (SSSR count). The molecule has 2 N–H and O–H groups in total. The number of likely N-dealkylation sites (tertiary alicyclic amines) is 1. The monoisotopic (exact) mass is 446 g/mol. The van der Waals surface area contributed by atoms with E-state index < -0.39 is 14.9 Å². The van der Waals surface area contributed by atoms with Gasteiger partial charge in [-0.25, -0.2) is 8.42 Å². The summed E-state index contributed by atoms with van der Waals surface area (Å²) in [5, 5.41) is 14.8. The summed E-state index contributed by atoms with van der Waals surface area (Å²) >= 11 is 0. The van der Waals surface area contributed by atoms with Crippen molar-refractivity contribution in [2.45, 2.75) is 45.1 Å². The SMILES string of the molecule is Cc1ccc(NS(=O)(=O)c2ccc(NC[C@@H]3CCN(C(C)C)C3)c([N+](=O)[O-])c2)c(C)c1. The van der Waals surface area contributed by atoms with Gasteiger partial charge in [0.15, 0.2) is 0 Å². The van der Waals surface area contributed by atoms with E-state index in [-0.39, 0.29) is 10.6 Å². The first kappa shape index (κ1) is 23.0. The number of nitrogens with zero attached hydrogens (tertiary/aromatic N) is 2. The zero-order chi connectivity index (χ0) is 22.8. The normalized spacial score (nSPS) is 17.1. The molecule has 2 aromatic rings. The van der Waals surface area contributed by atoms with E-state index >= 15 is 0 Å². The van der Waals surface area contributed by atoms with Gasteiger partial charge in [-0.05, 0) is 70.3 Å². The Kier molecular flexibility index (Phi) is 6.86. The van der Waals surface area contributed by atoms with Gasteiger partial charge in [0.2, 0.25) is 0 Å². The van der Waals surface area contributed by atoms with Gasteiger partial charge in [0.05, 0.1) is 15.5 Å². The quantitative estimate of drug-likeness (QED) is 0.466. The molecule has 0 amide bonds. The molecule has 1 heterocycles. The second kappa shape index (κ2) is 9.23. The van der Waals surface area contributed by atoms with E-state index in [1.807, 2.05) is 26.0 Å². The molecular weight excluding hydrogens is 416 g/mol. The summed E-state index contributed by atoms with van der Waals surface area (Å²) in [4.78, 5) is 13.3. The van der Waals surface area contributed by atoms with Gasteiger partial charge in [-0.15, -0.1) is 0 Å². The lowest BCUT2D eigenvalue weighted by molar-refractivity contribution is -0.384. The summed E-state index contributed by atoms with van der Waals surface area (Å²) in [5.74, 6) is 0.400. The van der Waals surface area contributed by atoms with Crippen molar-refractivity contribution in [3.05, 3.63) is 57.6 Å². The molecule has 0 aliphatic carbocycles. The average molecular weight is 447 g/mol. The molecule has 1 saturated heterocycles. The summed E-state index contributed by atoms with van der Waals surface area (Å²) in [6.07, 6.45) is 1.03. The highest BCUT2D eigenvalue weighted by Crippen LogP contribution is 2.30. The summed E-state index contributed by atoms with van der Waals surface area (Å²) < 4.78 is 28.2. The van der Waals surface area contributed by atoms with Gasteiger partial charge in [0.1, 0.15) is 5.69 Å². The number of benzene rings is 2. The van der Waals surface area contributed by atoms with Gasteiger partial charge >= 0.3 is 0 Å².